The van der Waals surface area contributed by atoms with Crippen LogP contribution in [0.1, 0.15) is 22.8 Å². The highest BCUT2D eigenvalue weighted by Gasteiger charge is 2.05. The lowest BCUT2D eigenvalue weighted by Crippen LogP contribution is -2.38. The number of aryl methyl sites for hydroxylation is 2. The number of nitrogens with one attached hydrogen (secondary N) is 2. The molecule has 7 nitrogen and oxygen atoms in total. The lowest BCUT2D eigenvalue weighted by molar-refractivity contribution is 0.411. The third-order valence-corrected chi connectivity index (χ3v) is 4.15. The van der Waals surface area contributed by atoms with Crippen molar-refractivity contribution in [3.63, 3.8) is 0 Å². The number of halogens is 1. The number of aliphatic imine (C=N–C) groups is 1. The molecule has 1 aromatic heterocycles. The topological polar surface area (TPSA) is 76.4 Å². The zero-order valence-corrected chi connectivity index (χ0v) is 18.8. The van der Waals surface area contributed by atoms with Crippen LogP contribution in [0.2, 0.25) is 0 Å². The van der Waals surface area contributed by atoms with E-state index in [0.717, 1.165) is 41.9 Å². The number of aromatic nitrogens is 3. The highest BCUT2D eigenvalue weighted by molar-refractivity contribution is 14.0. The van der Waals surface area contributed by atoms with Gasteiger partial charge in [-0.05, 0) is 37.5 Å². The molecular weight excluding hydrogens is 455 g/mol. The molecule has 0 amide bonds. The third kappa shape index (κ3) is 6.85. The molecule has 8 heteroatoms. The minimum Gasteiger partial charge on any atom is -0.496 e. The van der Waals surface area contributed by atoms with Crippen LogP contribution in [0.3, 0.4) is 0 Å². The molecule has 0 spiro atoms. The molecule has 27 heavy (non-hydrogen) atoms. The summed E-state index contributed by atoms with van der Waals surface area (Å²) < 4.78 is 7.32. The molecule has 0 unspecified atom stereocenters. The molecule has 0 aliphatic heterocycles. The number of hydrogen-bond acceptors (Lipinski definition) is 4. The van der Waals surface area contributed by atoms with Gasteiger partial charge in [-0.25, -0.2) is 4.99 Å². The van der Waals surface area contributed by atoms with Crippen molar-refractivity contribution in [2.75, 3.05) is 20.2 Å². The van der Waals surface area contributed by atoms with Crippen LogP contribution in [0.4, 0.5) is 0 Å². The molecule has 0 bridgehead atoms. The summed E-state index contributed by atoms with van der Waals surface area (Å²) in [5.74, 6) is 3.34. The van der Waals surface area contributed by atoms with Crippen LogP contribution in [-0.2, 0) is 20.0 Å². The predicted molar refractivity (Wildman–Crippen MR) is 120 cm³/mol. The maximum atomic E-state index is 5.38. The lowest BCUT2D eigenvalue weighted by Gasteiger charge is -2.12. The number of rotatable bonds is 8. The van der Waals surface area contributed by atoms with Crippen LogP contribution in [-0.4, -0.2) is 40.9 Å². The van der Waals surface area contributed by atoms with E-state index in [9.17, 15) is 0 Å². The van der Waals surface area contributed by atoms with Crippen molar-refractivity contribution >= 4 is 29.9 Å². The first-order valence-corrected chi connectivity index (χ1v) is 8.66. The van der Waals surface area contributed by atoms with Crippen LogP contribution >= 0.6 is 24.0 Å². The van der Waals surface area contributed by atoms with Crippen molar-refractivity contribution in [2.45, 2.75) is 26.8 Å². The van der Waals surface area contributed by atoms with E-state index in [0.29, 0.717) is 13.1 Å². The van der Waals surface area contributed by atoms with Crippen LogP contribution < -0.4 is 15.4 Å². The number of guanidine groups is 1. The fraction of sp³-hybridized carbons (Fsp3) is 0.421. The van der Waals surface area contributed by atoms with Gasteiger partial charge in [0.15, 0.2) is 11.8 Å². The molecule has 0 fully saturated rings. The molecular formula is C19H29IN6O. The lowest BCUT2D eigenvalue weighted by atomic mass is 10.1. The van der Waals surface area contributed by atoms with Crippen LogP contribution in [0.5, 0.6) is 5.75 Å². The molecule has 148 valence electrons. The Morgan fingerprint density at radius 1 is 1.30 bits per heavy atom. The average molecular weight is 484 g/mol. The van der Waals surface area contributed by atoms with Gasteiger partial charge >= 0.3 is 0 Å². The van der Waals surface area contributed by atoms with Crippen molar-refractivity contribution in [1.82, 2.24) is 25.4 Å². The van der Waals surface area contributed by atoms with Crippen LogP contribution in [0.25, 0.3) is 0 Å². The van der Waals surface area contributed by atoms with E-state index in [1.807, 2.05) is 25.5 Å². The van der Waals surface area contributed by atoms with E-state index < -0.39 is 0 Å². The van der Waals surface area contributed by atoms with Gasteiger partial charge in [0.2, 0.25) is 0 Å². The van der Waals surface area contributed by atoms with E-state index in [2.05, 4.69) is 50.6 Å². The first-order valence-electron chi connectivity index (χ1n) is 8.66. The minimum absolute atomic E-state index is 0. The molecule has 2 rings (SSSR count). The van der Waals surface area contributed by atoms with Crippen LogP contribution in [0, 0.1) is 13.8 Å². The predicted octanol–water partition coefficient (Wildman–Crippen LogP) is 2.52. The fourth-order valence-corrected chi connectivity index (χ4v) is 2.43. The molecule has 0 aliphatic rings. The Labute approximate surface area is 178 Å². The van der Waals surface area contributed by atoms with Gasteiger partial charge in [-0.1, -0.05) is 18.2 Å². The first kappa shape index (κ1) is 22.9. The molecule has 0 aliphatic carbocycles. The normalized spacial score (nSPS) is 10.9. The summed E-state index contributed by atoms with van der Waals surface area (Å²) in [6.45, 7) is 9.56. The van der Waals surface area contributed by atoms with E-state index >= 15 is 0 Å². The SMILES string of the molecule is C=CCNC(=NCc1nnc(C)n1C)NCCc1ccc(C)c(OC)c1.I. The summed E-state index contributed by atoms with van der Waals surface area (Å²) >= 11 is 0. The molecule has 1 aromatic carbocycles. The van der Waals surface area contributed by atoms with Crippen molar-refractivity contribution < 1.29 is 4.74 Å². The van der Waals surface area contributed by atoms with Gasteiger partial charge in [-0.2, -0.15) is 0 Å². The Bertz CT molecular complexity index is 772. The van der Waals surface area contributed by atoms with Gasteiger partial charge in [0.1, 0.15) is 18.1 Å². The Morgan fingerprint density at radius 3 is 2.70 bits per heavy atom. The highest BCUT2D eigenvalue weighted by Crippen LogP contribution is 2.18. The molecule has 1 heterocycles. The third-order valence-electron chi connectivity index (χ3n) is 4.15. The van der Waals surface area contributed by atoms with Gasteiger partial charge in [0.05, 0.1) is 7.11 Å². The number of benzene rings is 1. The van der Waals surface area contributed by atoms with Crippen molar-refractivity contribution in [3.8, 4) is 5.75 Å². The number of ether oxygens (including phenoxy) is 1. The van der Waals surface area contributed by atoms with Crippen LogP contribution in [0.15, 0.2) is 35.8 Å². The second-order valence-corrected chi connectivity index (χ2v) is 6.04. The monoisotopic (exact) mass is 484 g/mol. The molecule has 2 N–H and O–H groups in total. The van der Waals surface area contributed by atoms with Crippen molar-refractivity contribution in [2.24, 2.45) is 12.0 Å². The summed E-state index contributed by atoms with van der Waals surface area (Å²) in [6.07, 6.45) is 2.67. The molecule has 0 radical (unpaired) electrons. The maximum Gasteiger partial charge on any atom is 0.191 e. The standard InChI is InChI=1S/C19H28N6O.HI/c1-6-10-20-19(22-13-18-24-23-15(3)25(18)4)21-11-9-16-8-7-14(2)17(12-16)26-5;/h6-8,12H,1,9-11,13H2,2-5H3,(H2,20,21,22);1H. The van der Waals surface area contributed by atoms with E-state index in [1.54, 1.807) is 13.2 Å². The largest absolute Gasteiger partial charge is 0.496 e. The Hall–Kier alpha value is -2.10. The second-order valence-electron chi connectivity index (χ2n) is 6.04. The minimum atomic E-state index is 0. The van der Waals surface area contributed by atoms with E-state index in [4.69, 9.17) is 4.74 Å². The maximum absolute atomic E-state index is 5.38. The summed E-state index contributed by atoms with van der Waals surface area (Å²) in [6, 6.07) is 6.28. The molecule has 0 saturated heterocycles. The van der Waals surface area contributed by atoms with Gasteiger partial charge in [0.25, 0.3) is 0 Å². The van der Waals surface area contributed by atoms with E-state index in [-0.39, 0.29) is 24.0 Å². The van der Waals surface area contributed by atoms with Gasteiger partial charge in [-0.15, -0.1) is 40.8 Å². The molecule has 2 aromatic rings. The Balaban J connectivity index is 0.00000364. The second kappa shape index (κ2) is 11.6. The van der Waals surface area contributed by atoms with Gasteiger partial charge in [0, 0.05) is 20.1 Å². The van der Waals surface area contributed by atoms with Crippen molar-refractivity contribution in [3.05, 3.63) is 53.6 Å². The first-order chi connectivity index (χ1) is 12.5. The fourth-order valence-electron chi connectivity index (χ4n) is 2.43. The van der Waals surface area contributed by atoms with E-state index in [1.165, 1.54) is 5.56 Å². The molecule has 0 saturated carbocycles. The average Bonchev–Trinajstić information content (AvgIpc) is 2.96. The number of hydrogen-bond donors (Lipinski definition) is 2. The Morgan fingerprint density at radius 2 is 2.07 bits per heavy atom. The molecule has 0 atom stereocenters. The highest BCUT2D eigenvalue weighted by atomic mass is 127. The van der Waals surface area contributed by atoms with Crippen molar-refractivity contribution in [1.29, 1.82) is 0 Å². The number of nitrogens with zero attached hydrogens (tertiary/aromatic N) is 4. The summed E-state index contributed by atoms with van der Waals surface area (Å²) in [7, 11) is 3.64. The summed E-state index contributed by atoms with van der Waals surface area (Å²) in [5.41, 5.74) is 2.35. The summed E-state index contributed by atoms with van der Waals surface area (Å²) in [4.78, 5) is 4.58. The van der Waals surface area contributed by atoms with Gasteiger partial charge in [-0.3, -0.25) is 0 Å². The zero-order chi connectivity index (χ0) is 18.9. The number of methoxy groups -OCH3 is 1. The Kier molecular flexibility index (Phi) is 9.84. The smallest absolute Gasteiger partial charge is 0.191 e. The quantitative estimate of drug-likeness (QED) is 0.261. The zero-order valence-electron chi connectivity index (χ0n) is 16.5. The van der Waals surface area contributed by atoms with Gasteiger partial charge < -0.3 is 19.9 Å². The summed E-state index contributed by atoms with van der Waals surface area (Å²) in [5, 5.41) is 14.8.